The van der Waals surface area contributed by atoms with E-state index in [0.717, 1.165) is 24.6 Å². The lowest BCUT2D eigenvalue weighted by Crippen LogP contribution is -2.29. The van der Waals surface area contributed by atoms with Crippen molar-refractivity contribution in [1.29, 1.82) is 0 Å². The van der Waals surface area contributed by atoms with Crippen LogP contribution in [-0.4, -0.2) is 33.9 Å². The highest BCUT2D eigenvalue weighted by atomic mass is 15.3. The van der Waals surface area contributed by atoms with E-state index >= 15 is 0 Å². The van der Waals surface area contributed by atoms with E-state index in [0.29, 0.717) is 6.04 Å². The van der Waals surface area contributed by atoms with Crippen molar-refractivity contribution in [3.63, 3.8) is 0 Å². The maximum Gasteiger partial charge on any atom is 0.176 e. The van der Waals surface area contributed by atoms with Crippen molar-refractivity contribution >= 4 is 5.69 Å². The highest BCUT2D eigenvalue weighted by molar-refractivity contribution is 5.56. The molecule has 2 aromatic rings. The summed E-state index contributed by atoms with van der Waals surface area (Å²) < 4.78 is 1.78. The minimum absolute atomic E-state index is 0.565. The minimum Gasteiger partial charge on any atom is -0.380 e. The standard InChI is InChI=1S/C13H17N5/c1-4-11(14-6-1)10-16-12-5-2-7-15-13(12)18-9-3-8-17-18/h2-3,5,7-9,11,14,16H,1,4,6,10H2. The zero-order chi connectivity index (χ0) is 12.2. The molecule has 1 aliphatic heterocycles. The van der Waals surface area contributed by atoms with Crippen LogP contribution >= 0.6 is 0 Å². The molecule has 2 N–H and O–H groups in total. The summed E-state index contributed by atoms with van der Waals surface area (Å²) in [6.07, 6.45) is 7.96. The van der Waals surface area contributed by atoms with Crippen molar-refractivity contribution in [2.45, 2.75) is 18.9 Å². The summed E-state index contributed by atoms with van der Waals surface area (Å²) in [6, 6.07) is 6.45. The third kappa shape index (κ3) is 2.36. The molecule has 3 rings (SSSR count). The molecule has 0 spiro atoms. The van der Waals surface area contributed by atoms with Crippen molar-refractivity contribution < 1.29 is 0 Å². The van der Waals surface area contributed by atoms with Gasteiger partial charge >= 0.3 is 0 Å². The fourth-order valence-corrected chi connectivity index (χ4v) is 2.28. The van der Waals surface area contributed by atoms with E-state index in [9.17, 15) is 0 Å². The number of pyridine rings is 1. The Morgan fingerprint density at radius 1 is 1.39 bits per heavy atom. The van der Waals surface area contributed by atoms with E-state index in [1.165, 1.54) is 12.8 Å². The zero-order valence-corrected chi connectivity index (χ0v) is 10.2. The van der Waals surface area contributed by atoms with Crippen molar-refractivity contribution in [3.05, 3.63) is 36.8 Å². The van der Waals surface area contributed by atoms with Crippen molar-refractivity contribution in [3.8, 4) is 5.82 Å². The molecule has 0 saturated carbocycles. The molecular weight excluding hydrogens is 226 g/mol. The van der Waals surface area contributed by atoms with Crippen LogP contribution < -0.4 is 10.6 Å². The molecule has 0 radical (unpaired) electrons. The molecule has 5 heteroatoms. The monoisotopic (exact) mass is 243 g/mol. The predicted molar refractivity (Wildman–Crippen MR) is 70.9 cm³/mol. The highest BCUT2D eigenvalue weighted by Gasteiger charge is 2.14. The molecule has 0 aromatic carbocycles. The molecule has 2 aromatic heterocycles. The SMILES string of the molecule is c1cnc(-n2cccn2)c(NCC2CCCN2)c1. The van der Waals surface area contributed by atoms with E-state index in [1.54, 1.807) is 17.1 Å². The quantitative estimate of drug-likeness (QED) is 0.853. The number of rotatable bonds is 4. The molecule has 1 aliphatic rings. The van der Waals surface area contributed by atoms with Gasteiger partial charge in [0.15, 0.2) is 5.82 Å². The van der Waals surface area contributed by atoms with Gasteiger partial charge in [0.2, 0.25) is 0 Å². The van der Waals surface area contributed by atoms with Crippen LogP contribution in [-0.2, 0) is 0 Å². The second-order valence-corrected chi connectivity index (χ2v) is 4.50. The largest absolute Gasteiger partial charge is 0.380 e. The van der Waals surface area contributed by atoms with E-state index in [2.05, 4.69) is 20.7 Å². The Morgan fingerprint density at radius 3 is 3.17 bits per heavy atom. The van der Waals surface area contributed by atoms with Gasteiger partial charge in [-0.15, -0.1) is 0 Å². The first kappa shape index (κ1) is 11.2. The van der Waals surface area contributed by atoms with Gasteiger partial charge in [0, 0.05) is 31.2 Å². The molecule has 1 unspecified atom stereocenters. The maximum absolute atomic E-state index is 4.38. The first-order valence-electron chi connectivity index (χ1n) is 6.36. The zero-order valence-electron chi connectivity index (χ0n) is 10.2. The first-order valence-corrected chi connectivity index (χ1v) is 6.36. The van der Waals surface area contributed by atoms with Crippen LogP contribution in [0.15, 0.2) is 36.8 Å². The van der Waals surface area contributed by atoms with Crippen LogP contribution in [0.3, 0.4) is 0 Å². The van der Waals surface area contributed by atoms with Gasteiger partial charge in [-0.25, -0.2) is 9.67 Å². The van der Waals surface area contributed by atoms with Crippen molar-refractivity contribution in [2.24, 2.45) is 0 Å². The average molecular weight is 243 g/mol. The second-order valence-electron chi connectivity index (χ2n) is 4.50. The van der Waals surface area contributed by atoms with Crippen LogP contribution in [0.2, 0.25) is 0 Å². The van der Waals surface area contributed by atoms with Gasteiger partial charge in [-0.05, 0) is 37.6 Å². The number of nitrogens with zero attached hydrogens (tertiary/aromatic N) is 3. The number of hydrogen-bond donors (Lipinski definition) is 2. The van der Waals surface area contributed by atoms with Gasteiger partial charge in [-0.3, -0.25) is 0 Å². The lowest BCUT2D eigenvalue weighted by molar-refractivity contribution is 0.633. The van der Waals surface area contributed by atoms with Gasteiger partial charge in [0.05, 0.1) is 5.69 Å². The summed E-state index contributed by atoms with van der Waals surface area (Å²) in [7, 11) is 0. The molecule has 0 amide bonds. The summed E-state index contributed by atoms with van der Waals surface area (Å²) >= 11 is 0. The van der Waals surface area contributed by atoms with E-state index < -0.39 is 0 Å². The Balaban J connectivity index is 1.75. The van der Waals surface area contributed by atoms with E-state index in [1.807, 2.05) is 24.4 Å². The summed E-state index contributed by atoms with van der Waals surface area (Å²) in [5, 5.41) is 11.2. The summed E-state index contributed by atoms with van der Waals surface area (Å²) in [4.78, 5) is 4.38. The van der Waals surface area contributed by atoms with Crippen LogP contribution in [0, 0.1) is 0 Å². The molecule has 0 aliphatic carbocycles. The molecule has 1 saturated heterocycles. The smallest absolute Gasteiger partial charge is 0.176 e. The molecule has 18 heavy (non-hydrogen) atoms. The maximum atomic E-state index is 4.38. The molecule has 94 valence electrons. The molecule has 1 fully saturated rings. The van der Waals surface area contributed by atoms with Crippen LogP contribution in [0.1, 0.15) is 12.8 Å². The molecule has 3 heterocycles. The average Bonchev–Trinajstić information content (AvgIpc) is 3.10. The van der Waals surface area contributed by atoms with Gasteiger partial charge in [-0.2, -0.15) is 5.10 Å². The molecule has 0 bridgehead atoms. The molecular formula is C13H17N5. The first-order chi connectivity index (χ1) is 8.93. The Labute approximate surface area is 106 Å². The highest BCUT2D eigenvalue weighted by Crippen LogP contribution is 2.16. The third-order valence-corrected chi connectivity index (χ3v) is 3.21. The molecule has 5 nitrogen and oxygen atoms in total. The lowest BCUT2D eigenvalue weighted by Gasteiger charge is -2.14. The van der Waals surface area contributed by atoms with Gasteiger partial charge in [0.25, 0.3) is 0 Å². The Kier molecular flexibility index (Phi) is 3.23. The normalized spacial score (nSPS) is 19.0. The third-order valence-electron chi connectivity index (χ3n) is 3.21. The van der Waals surface area contributed by atoms with E-state index in [4.69, 9.17) is 0 Å². The Bertz CT molecular complexity index is 488. The number of anilines is 1. The van der Waals surface area contributed by atoms with Gasteiger partial charge < -0.3 is 10.6 Å². The van der Waals surface area contributed by atoms with Crippen LogP contribution in [0.4, 0.5) is 5.69 Å². The fraction of sp³-hybridized carbons (Fsp3) is 0.385. The van der Waals surface area contributed by atoms with Crippen molar-refractivity contribution in [1.82, 2.24) is 20.1 Å². The fourth-order valence-electron chi connectivity index (χ4n) is 2.28. The van der Waals surface area contributed by atoms with Crippen LogP contribution in [0.25, 0.3) is 5.82 Å². The second kappa shape index (κ2) is 5.18. The Morgan fingerprint density at radius 2 is 2.39 bits per heavy atom. The molecule has 1 atom stereocenters. The predicted octanol–water partition coefficient (Wildman–Crippen LogP) is 1.43. The lowest BCUT2D eigenvalue weighted by atomic mass is 10.2. The summed E-state index contributed by atoms with van der Waals surface area (Å²) in [5.74, 6) is 0.848. The van der Waals surface area contributed by atoms with Gasteiger partial charge in [0.1, 0.15) is 0 Å². The Hall–Kier alpha value is -1.88. The van der Waals surface area contributed by atoms with Crippen LogP contribution in [0.5, 0.6) is 0 Å². The number of aromatic nitrogens is 3. The number of hydrogen-bond acceptors (Lipinski definition) is 4. The van der Waals surface area contributed by atoms with E-state index in [-0.39, 0.29) is 0 Å². The van der Waals surface area contributed by atoms with Crippen molar-refractivity contribution in [2.75, 3.05) is 18.4 Å². The number of nitrogens with one attached hydrogen (secondary N) is 2. The minimum atomic E-state index is 0.565. The topological polar surface area (TPSA) is 54.8 Å². The van der Waals surface area contributed by atoms with Gasteiger partial charge in [-0.1, -0.05) is 0 Å². The summed E-state index contributed by atoms with van der Waals surface area (Å²) in [5.41, 5.74) is 1.02. The summed E-state index contributed by atoms with van der Waals surface area (Å²) in [6.45, 7) is 2.06.